The number of hydrogen-bond acceptors (Lipinski definition) is 2. The predicted molar refractivity (Wildman–Crippen MR) is 77.8 cm³/mol. The van der Waals surface area contributed by atoms with Crippen molar-refractivity contribution < 1.29 is 14.3 Å². The number of carbonyl (C=O) groups is 1. The van der Waals surface area contributed by atoms with Gasteiger partial charge in [0.25, 0.3) is 0 Å². The van der Waals surface area contributed by atoms with E-state index in [1.165, 1.54) is 6.07 Å². The maximum absolute atomic E-state index is 13.4. The maximum atomic E-state index is 13.4. The van der Waals surface area contributed by atoms with E-state index in [4.69, 9.17) is 0 Å². The second-order valence-electron chi connectivity index (χ2n) is 5.32. The van der Waals surface area contributed by atoms with Gasteiger partial charge < -0.3 is 15.3 Å². The molecule has 1 fully saturated rings. The SMILES string of the molecule is CC1(CO)CCCN1C(=O)NCc1ccc(Br)c(F)c1. The Bertz CT molecular complexity index is 512. The molecule has 20 heavy (non-hydrogen) atoms. The van der Waals surface area contributed by atoms with E-state index in [0.717, 1.165) is 12.8 Å². The summed E-state index contributed by atoms with van der Waals surface area (Å²) < 4.78 is 13.8. The van der Waals surface area contributed by atoms with Crippen LogP contribution in [0.3, 0.4) is 0 Å². The Morgan fingerprint density at radius 2 is 2.35 bits per heavy atom. The predicted octanol–water partition coefficient (Wildman–Crippen LogP) is 2.64. The molecule has 1 aromatic carbocycles. The summed E-state index contributed by atoms with van der Waals surface area (Å²) in [6.45, 7) is 2.73. The largest absolute Gasteiger partial charge is 0.394 e. The number of aliphatic hydroxyl groups is 1. The highest BCUT2D eigenvalue weighted by Crippen LogP contribution is 2.28. The molecule has 0 saturated carbocycles. The van der Waals surface area contributed by atoms with Crippen molar-refractivity contribution in [2.24, 2.45) is 0 Å². The zero-order chi connectivity index (χ0) is 14.8. The first kappa shape index (κ1) is 15.3. The topological polar surface area (TPSA) is 52.6 Å². The van der Waals surface area contributed by atoms with Gasteiger partial charge in [-0.2, -0.15) is 0 Å². The first-order valence-electron chi connectivity index (χ1n) is 6.56. The first-order valence-corrected chi connectivity index (χ1v) is 7.36. The van der Waals surface area contributed by atoms with E-state index >= 15 is 0 Å². The molecule has 1 atom stereocenters. The number of likely N-dealkylation sites (tertiary alicyclic amines) is 1. The highest BCUT2D eigenvalue weighted by atomic mass is 79.9. The molecule has 1 unspecified atom stereocenters. The van der Waals surface area contributed by atoms with Crippen LogP contribution in [0, 0.1) is 5.82 Å². The van der Waals surface area contributed by atoms with Crippen LogP contribution < -0.4 is 5.32 Å². The number of carbonyl (C=O) groups excluding carboxylic acids is 1. The number of amides is 2. The molecule has 0 aliphatic carbocycles. The van der Waals surface area contributed by atoms with Gasteiger partial charge in [-0.3, -0.25) is 0 Å². The fourth-order valence-electron chi connectivity index (χ4n) is 2.46. The van der Waals surface area contributed by atoms with Crippen LogP contribution in [0.25, 0.3) is 0 Å². The molecule has 2 rings (SSSR count). The van der Waals surface area contributed by atoms with Crippen LogP contribution in [0.1, 0.15) is 25.3 Å². The average Bonchev–Trinajstić information content (AvgIpc) is 2.82. The standard InChI is InChI=1S/C14H18BrFN2O2/c1-14(9-19)5-2-6-18(14)13(20)17-8-10-3-4-11(15)12(16)7-10/h3-4,7,19H,2,5-6,8-9H2,1H3,(H,17,20). The van der Waals surface area contributed by atoms with Crippen LogP contribution in [0.15, 0.2) is 22.7 Å². The van der Waals surface area contributed by atoms with E-state index < -0.39 is 5.54 Å². The molecule has 1 aliphatic rings. The van der Waals surface area contributed by atoms with Crippen molar-refractivity contribution in [3.63, 3.8) is 0 Å². The van der Waals surface area contributed by atoms with Crippen molar-refractivity contribution in [2.75, 3.05) is 13.2 Å². The van der Waals surface area contributed by atoms with Crippen molar-refractivity contribution in [2.45, 2.75) is 31.8 Å². The zero-order valence-electron chi connectivity index (χ0n) is 11.3. The molecule has 1 aromatic rings. The van der Waals surface area contributed by atoms with E-state index in [0.29, 0.717) is 16.6 Å². The summed E-state index contributed by atoms with van der Waals surface area (Å²) in [5.74, 6) is -0.349. The van der Waals surface area contributed by atoms with Gasteiger partial charge in [-0.05, 0) is 53.4 Å². The molecule has 4 nitrogen and oxygen atoms in total. The average molecular weight is 345 g/mol. The lowest BCUT2D eigenvalue weighted by molar-refractivity contribution is 0.0973. The Morgan fingerprint density at radius 3 is 3.00 bits per heavy atom. The number of nitrogens with one attached hydrogen (secondary N) is 1. The molecule has 0 aromatic heterocycles. The number of halogens is 2. The second kappa shape index (κ2) is 6.10. The lowest BCUT2D eigenvalue weighted by Gasteiger charge is -2.33. The quantitative estimate of drug-likeness (QED) is 0.885. The fraction of sp³-hybridized carbons (Fsp3) is 0.500. The third-order valence-electron chi connectivity index (χ3n) is 3.76. The molecule has 0 bridgehead atoms. The third-order valence-corrected chi connectivity index (χ3v) is 4.41. The summed E-state index contributed by atoms with van der Waals surface area (Å²) in [5.41, 5.74) is 0.207. The van der Waals surface area contributed by atoms with E-state index in [1.54, 1.807) is 17.0 Å². The Labute approximate surface area is 126 Å². The summed E-state index contributed by atoms with van der Waals surface area (Å²) >= 11 is 3.09. The monoisotopic (exact) mass is 344 g/mol. The van der Waals surface area contributed by atoms with Gasteiger partial charge >= 0.3 is 6.03 Å². The smallest absolute Gasteiger partial charge is 0.318 e. The fourth-order valence-corrected chi connectivity index (χ4v) is 2.70. The molecule has 0 spiro atoms. The number of nitrogens with zero attached hydrogens (tertiary/aromatic N) is 1. The Balaban J connectivity index is 1.96. The van der Waals surface area contributed by atoms with Crippen LogP contribution in [0.4, 0.5) is 9.18 Å². The summed E-state index contributed by atoms with van der Waals surface area (Å²) in [7, 11) is 0. The van der Waals surface area contributed by atoms with Gasteiger partial charge in [-0.15, -0.1) is 0 Å². The van der Waals surface area contributed by atoms with Crippen LogP contribution >= 0.6 is 15.9 Å². The summed E-state index contributed by atoms with van der Waals surface area (Å²) in [4.78, 5) is 13.8. The summed E-state index contributed by atoms with van der Waals surface area (Å²) in [5, 5.41) is 12.2. The van der Waals surface area contributed by atoms with Crippen molar-refractivity contribution in [3.05, 3.63) is 34.1 Å². The minimum absolute atomic E-state index is 0.0483. The normalized spacial score (nSPS) is 22.1. The van der Waals surface area contributed by atoms with Crippen LogP contribution in [0.2, 0.25) is 0 Å². The highest BCUT2D eigenvalue weighted by molar-refractivity contribution is 9.10. The molecular weight excluding hydrogens is 327 g/mol. The number of urea groups is 1. The molecule has 110 valence electrons. The van der Waals surface area contributed by atoms with Crippen molar-refractivity contribution in [3.8, 4) is 0 Å². The van der Waals surface area contributed by atoms with Crippen LogP contribution in [-0.2, 0) is 6.54 Å². The molecule has 6 heteroatoms. The maximum Gasteiger partial charge on any atom is 0.318 e. The molecule has 1 aliphatic heterocycles. The van der Waals surface area contributed by atoms with E-state index in [9.17, 15) is 14.3 Å². The molecule has 2 amide bonds. The summed E-state index contributed by atoms with van der Waals surface area (Å²) in [6, 6.07) is 4.54. The minimum atomic E-state index is -0.491. The lowest BCUT2D eigenvalue weighted by Crippen LogP contribution is -2.51. The molecule has 1 saturated heterocycles. The lowest BCUT2D eigenvalue weighted by atomic mass is 10.0. The van der Waals surface area contributed by atoms with Gasteiger partial charge in [0, 0.05) is 13.1 Å². The van der Waals surface area contributed by atoms with Gasteiger partial charge in [-0.1, -0.05) is 6.07 Å². The molecule has 2 N–H and O–H groups in total. The van der Waals surface area contributed by atoms with E-state index in [2.05, 4.69) is 21.2 Å². The second-order valence-corrected chi connectivity index (χ2v) is 6.17. The van der Waals surface area contributed by atoms with Gasteiger partial charge in [0.2, 0.25) is 0 Å². The number of benzene rings is 1. The van der Waals surface area contributed by atoms with Gasteiger partial charge in [0.15, 0.2) is 0 Å². The van der Waals surface area contributed by atoms with Gasteiger partial charge in [0.1, 0.15) is 5.82 Å². The molecule has 0 radical (unpaired) electrons. The van der Waals surface area contributed by atoms with Crippen molar-refractivity contribution >= 4 is 22.0 Å². The third kappa shape index (κ3) is 3.12. The zero-order valence-corrected chi connectivity index (χ0v) is 12.9. The van der Waals surface area contributed by atoms with E-state index in [1.807, 2.05) is 6.92 Å². The highest BCUT2D eigenvalue weighted by Gasteiger charge is 2.38. The number of hydrogen-bond donors (Lipinski definition) is 2. The van der Waals surface area contributed by atoms with Gasteiger partial charge in [-0.25, -0.2) is 9.18 Å². The van der Waals surface area contributed by atoms with Crippen molar-refractivity contribution in [1.82, 2.24) is 10.2 Å². The van der Waals surface area contributed by atoms with Crippen LogP contribution in [0.5, 0.6) is 0 Å². The molecular formula is C14H18BrFN2O2. The van der Waals surface area contributed by atoms with Gasteiger partial charge in [0.05, 0.1) is 16.6 Å². The first-order chi connectivity index (χ1) is 9.46. The van der Waals surface area contributed by atoms with Crippen LogP contribution in [-0.4, -0.2) is 34.7 Å². The Hall–Kier alpha value is -1.14. The molecule has 1 heterocycles. The van der Waals surface area contributed by atoms with E-state index in [-0.39, 0.29) is 25.0 Å². The Morgan fingerprint density at radius 1 is 1.60 bits per heavy atom. The number of aliphatic hydroxyl groups excluding tert-OH is 1. The minimum Gasteiger partial charge on any atom is -0.394 e. The Kier molecular flexibility index (Phi) is 4.65. The number of rotatable bonds is 3. The van der Waals surface area contributed by atoms with Crippen molar-refractivity contribution in [1.29, 1.82) is 0 Å². The summed E-state index contributed by atoms with van der Waals surface area (Å²) in [6.07, 6.45) is 1.68.